The van der Waals surface area contributed by atoms with E-state index in [0.717, 1.165) is 6.54 Å². The molecular formula is C25H46N+. The summed E-state index contributed by atoms with van der Waals surface area (Å²) in [5, 5.41) is 0. The Labute approximate surface area is 164 Å². The van der Waals surface area contributed by atoms with Gasteiger partial charge in [-0.25, -0.2) is 4.57 Å². The maximum Gasteiger partial charge on any atom is 0.171 e. The summed E-state index contributed by atoms with van der Waals surface area (Å²) in [6, 6.07) is 2.49. The van der Waals surface area contributed by atoms with Crippen LogP contribution in [0.3, 0.4) is 0 Å². The third-order valence-electron chi connectivity index (χ3n) is 5.54. The summed E-state index contributed by atoms with van der Waals surface area (Å²) < 4.78 is 2.40. The average Bonchev–Trinajstić information content (AvgIpc) is 2.66. The van der Waals surface area contributed by atoms with Crippen LogP contribution in [0.25, 0.3) is 0 Å². The topological polar surface area (TPSA) is 3.88 Å². The summed E-state index contributed by atoms with van der Waals surface area (Å²) in [6.07, 6.45) is 26.9. The molecule has 0 N–H and O–H groups in total. The van der Waals surface area contributed by atoms with E-state index in [9.17, 15) is 0 Å². The zero-order valence-electron chi connectivity index (χ0n) is 18.2. The van der Waals surface area contributed by atoms with Crippen molar-refractivity contribution in [1.82, 2.24) is 0 Å². The van der Waals surface area contributed by atoms with Crippen molar-refractivity contribution in [3.05, 3.63) is 29.6 Å². The van der Waals surface area contributed by atoms with Gasteiger partial charge in [-0.15, -0.1) is 0 Å². The van der Waals surface area contributed by atoms with Crippen LogP contribution in [0.5, 0.6) is 0 Å². The quantitative estimate of drug-likeness (QED) is 0.199. The van der Waals surface area contributed by atoms with Gasteiger partial charge in [0.1, 0.15) is 6.54 Å². The van der Waals surface area contributed by atoms with Crippen molar-refractivity contribution in [3.63, 3.8) is 0 Å². The molecule has 1 nitrogen and oxygen atoms in total. The van der Waals surface area contributed by atoms with Gasteiger partial charge < -0.3 is 0 Å². The zero-order chi connectivity index (χ0) is 18.9. The highest BCUT2D eigenvalue weighted by molar-refractivity contribution is 5.15. The Bertz CT molecular complexity index is 402. The first-order valence-corrected chi connectivity index (χ1v) is 11.8. The third kappa shape index (κ3) is 11.7. The predicted molar refractivity (Wildman–Crippen MR) is 116 cm³/mol. The van der Waals surface area contributed by atoms with Crippen LogP contribution in [0.4, 0.5) is 0 Å². The molecular weight excluding hydrogens is 314 g/mol. The van der Waals surface area contributed by atoms with Gasteiger partial charge in [-0.05, 0) is 38.7 Å². The van der Waals surface area contributed by atoms with Crippen LogP contribution >= 0.6 is 0 Å². The number of aromatic nitrogens is 1. The van der Waals surface area contributed by atoms with Gasteiger partial charge in [0.05, 0.1) is 0 Å². The van der Waals surface area contributed by atoms with Crippen LogP contribution in [-0.2, 0) is 19.4 Å². The molecule has 0 saturated carbocycles. The molecule has 0 unspecified atom stereocenters. The van der Waals surface area contributed by atoms with Crippen molar-refractivity contribution in [2.75, 3.05) is 0 Å². The number of aryl methyl sites for hydroxylation is 3. The molecule has 1 rings (SSSR count). The highest BCUT2D eigenvalue weighted by Crippen LogP contribution is 2.13. The Balaban J connectivity index is 2.28. The normalized spacial score (nSPS) is 11.2. The molecule has 0 amide bonds. The molecule has 1 aromatic heterocycles. The van der Waals surface area contributed by atoms with E-state index in [0.29, 0.717) is 0 Å². The summed E-state index contributed by atoms with van der Waals surface area (Å²) in [7, 11) is 0. The highest BCUT2D eigenvalue weighted by Gasteiger charge is 2.06. The molecule has 1 heterocycles. The fourth-order valence-corrected chi connectivity index (χ4v) is 3.80. The Morgan fingerprint density at radius 2 is 0.923 bits per heavy atom. The average molecular weight is 361 g/mol. The molecule has 1 heteroatoms. The molecule has 0 aliphatic heterocycles. The van der Waals surface area contributed by atoms with Crippen LogP contribution in [-0.4, -0.2) is 0 Å². The van der Waals surface area contributed by atoms with Gasteiger partial charge in [0, 0.05) is 11.1 Å². The Kier molecular flexibility index (Phi) is 14.6. The van der Waals surface area contributed by atoms with Gasteiger partial charge >= 0.3 is 0 Å². The lowest BCUT2D eigenvalue weighted by molar-refractivity contribution is -0.694. The molecule has 0 aliphatic rings. The standard InChI is InChI=1S/C25H46N/c1-4-7-9-11-13-15-17-19-24-21-25(23-26(6-3)22-24)20-18-16-14-12-10-8-5-2/h21-23H,4-20H2,1-3H3/q+1. The van der Waals surface area contributed by atoms with Crippen LogP contribution in [0.15, 0.2) is 18.5 Å². The van der Waals surface area contributed by atoms with Crippen molar-refractivity contribution < 1.29 is 4.57 Å². The molecule has 0 aliphatic carbocycles. The third-order valence-corrected chi connectivity index (χ3v) is 5.54. The van der Waals surface area contributed by atoms with E-state index in [1.807, 2.05) is 0 Å². The molecule has 0 aromatic carbocycles. The lowest BCUT2D eigenvalue weighted by Crippen LogP contribution is -2.32. The first-order valence-electron chi connectivity index (χ1n) is 11.8. The van der Waals surface area contributed by atoms with Crippen molar-refractivity contribution in [2.24, 2.45) is 0 Å². The van der Waals surface area contributed by atoms with E-state index in [-0.39, 0.29) is 0 Å². The van der Waals surface area contributed by atoms with Crippen molar-refractivity contribution in [3.8, 4) is 0 Å². The molecule has 0 bridgehead atoms. The zero-order valence-corrected chi connectivity index (χ0v) is 18.2. The van der Waals surface area contributed by atoms with E-state index >= 15 is 0 Å². The lowest BCUT2D eigenvalue weighted by Gasteiger charge is -2.06. The van der Waals surface area contributed by atoms with Crippen LogP contribution in [0.2, 0.25) is 0 Å². The second kappa shape index (κ2) is 16.3. The second-order valence-corrected chi connectivity index (χ2v) is 8.13. The number of hydrogen-bond donors (Lipinski definition) is 0. The van der Waals surface area contributed by atoms with Gasteiger partial charge in [0.2, 0.25) is 0 Å². The van der Waals surface area contributed by atoms with Crippen LogP contribution < -0.4 is 4.57 Å². The molecule has 0 spiro atoms. The minimum absolute atomic E-state index is 1.09. The number of nitrogens with zero attached hydrogens (tertiary/aromatic N) is 1. The number of rotatable bonds is 17. The second-order valence-electron chi connectivity index (χ2n) is 8.13. The van der Waals surface area contributed by atoms with E-state index in [1.54, 1.807) is 11.1 Å². The largest absolute Gasteiger partial charge is 0.205 e. The smallest absolute Gasteiger partial charge is 0.171 e. The van der Waals surface area contributed by atoms with E-state index < -0.39 is 0 Å². The lowest BCUT2D eigenvalue weighted by atomic mass is 10.0. The molecule has 0 saturated heterocycles. The maximum absolute atomic E-state index is 2.49. The molecule has 150 valence electrons. The fourth-order valence-electron chi connectivity index (χ4n) is 3.80. The predicted octanol–water partition coefficient (Wildman–Crippen LogP) is 7.58. The minimum atomic E-state index is 1.09. The van der Waals surface area contributed by atoms with Crippen molar-refractivity contribution in [1.29, 1.82) is 0 Å². The Morgan fingerprint density at radius 3 is 1.31 bits per heavy atom. The SMILES string of the molecule is CCCCCCCCCc1cc(CCCCCCCCC)c[n+](CC)c1. The molecule has 0 radical (unpaired) electrons. The first kappa shape index (κ1) is 23.2. The van der Waals surface area contributed by atoms with Crippen molar-refractivity contribution in [2.45, 2.75) is 130 Å². The molecule has 1 aromatic rings. The number of hydrogen-bond acceptors (Lipinski definition) is 0. The summed E-state index contributed by atoms with van der Waals surface area (Å²) >= 11 is 0. The Morgan fingerprint density at radius 1 is 0.538 bits per heavy atom. The van der Waals surface area contributed by atoms with Crippen LogP contribution in [0, 0.1) is 0 Å². The maximum atomic E-state index is 2.49. The monoisotopic (exact) mass is 360 g/mol. The van der Waals surface area contributed by atoms with Gasteiger partial charge in [-0.1, -0.05) is 90.9 Å². The fraction of sp³-hybridized carbons (Fsp3) is 0.800. The van der Waals surface area contributed by atoms with Gasteiger partial charge in [0.25, 0.3) is 0 Å². The number of unbranched alkanes of at least 4 members (excludes halogenated alkanes) is 12. The summed E-state index contributed by atoms with van der Waals surface area (Å²) in [5.74, 6) is 0. The summed E-state index contributed by atoms with van der Waals surface area (Å²) in [6.45, 7) is 7.94. The highest BCUT2D eigenvalue weighted by atomic mass is 14.9. The van der Waals surface area contributed by atoms with E-state index in [1.165, 1.54) is 103 Å². The summed E-state index contributed by atoms with van der Waals surface area (Å²) in [5.41, 5.74) is 3.11. The molecule has 26 heavy (non-hydrogen) atoms. The minimum Gasteiger partial charge on any atom is -0.205 e. The van der Waals surface area contributed by atoms with E-state index in [2.05, 4.69) is 43.8 Å². The van der Waals surface area contributed by atoms with Gasteiger partial charge in [-0.3, -0.25) is 0 Å². The number of pyridine rings is 1. The molecule has 0 fully saturated rings. The van der Waals surface area contributed by atoms with Gasteiger partial charge in [0.15, 0.2) is 12.4 Å². The van der Waals surface area contributed by atoms with Crippen LogP contribution in [0.1, 0.15) is 122 Å². The van der Waals surface area contributed by atoms with Gasteiger partial charge in [-0.2, -0.15) is 0 Å². The molecule has 0 atom stereocenters. The Hall–Kier alpha value is -0.850. The van der Waals surface area contributed by atoms with E-state index in [4.69, 9.17) is 0 Å². The first-order chi connectivity index (χ1) is 12.8. The van der Waals surface area contributed by atoms with Crippen molar-refractivity contribution >= 4 is 0 Å². The summed E-state index contributed by atoms with van der Waals surface area (Å²) in [4.78, 5) is 0.